The lowest BCUT2D eigenvalue weighted by molar-refractivity contribution is -0.155. The van der Waals surface area contributed by atoms with E-state index in [2.05, 4.69) is 6.92 Å². The molecule has 4 nitrogen and oxygen atoms in total. The Morgan fingerprint density at radius 2 is 1.82 bits per heavy atom. The summed E-state index contributed by atoms with van der Waals surface area (Å²) < 4.78 is 10.6. The molecule has 0 radical (unpaired) electrons. The Kier molecular flexibility index (Phi) is 3.69. The van der Waals surface area contributed by atoms with Crippen molar-refractivity contribution in [2.45, 2.75) is 58.2 Å². The first-order valence-corrected chi connectivity index (χ1v) is 6.56. The summed E-state index contributed by atoms with van der Waals surface area (Å²) in [6, 6.07) is 0. The minimum absolute atomic E-state index is 0.210. The van der Waals surface area contributed by atoms with Crippen molar-refractivity contribution in [3.05, 3.63) is 0 Å². The zero-order valence-electron chi connectivity index (χ0n) is 10.5. The number of unbranched alkanes of at least 4 members (excludes halogenated alkanes) is 3. The van der Waals surface area contributed by atoms with E-state index >= 15 is 0 Å². The highest BCUT2D eigenvalue weighted by atomic mass is 16.6. The van der Waals surface area contributed by atoms with Crippen LogP contribution in [0.5, 0.6) is 0 Å². The van der Waals surface area contributed by atoms with E-state index in [1.54, 1.807) is 6.92 Å². The maximum atomic E-state index is 11.7. The third-order valence-electron chi connectivity index (χ3n) is 3.76. The molecule has 2 fully saturated rings. The standard InChI is InChI=1S/C13H20O4/c1-3-4-5-6-7-9-11-10(13(15)16-9)8(2)12(14)17-11/h8-11H,3-7H2,1-2H3. The first-order chi connectivity index (χ1) is 8.15. The first kappa shape index (κ1) is 12.4. The zero-order chi connectivity index (χ0) is 12.4. The topological polar surface area (TPSA) is 52.6 Å². The van der Waals surface area contributed by atoms with Crippen LogP contribution in [0.15, 0.2) is 0 Å². The van der Waals surface area contributed by atoms with Crippen LogP contribution in [0.4, 0.5) is 0 Å². The van der Waals surface area contributed by atoms with Gasteiger partial charge in [0.25, 0.3) is 0 Å². The molecular formula is C13H20O4. The van der Waals surface area contributed by atoms with Crippen LogP contribution in [-0.4, -0.2) is 24.1 Å². The van der Waals surface area contributed by atoms with Gasteiger partial charge in [0, 0.05) is 0 Å². The van der Waals surface area contributed by atoms with Crippen LogP contribution in [0.3, 0.4) is 0 Å². The van der Waals surface area contributed by atoms with Gasteiger partial charge in [-0.2, -0.15) is 0 Å². The van der Waals surface area contributed by atoms with E-state index in [1.807, 2.05) is 0 Å². The molecule has 0 aromatic carbocycles. The SMILES string of the molecule is CCCCCCC1OC(=O)C2C(C)C(=O)OC12. The van der Waals surface area contributed by atoms with Crippen molar-refractivity contribution in [2.24, 2.45) is 11.8 Å². The Morgan fingerprint density at radius 1 is 1.06 bits per heavy atom. The minimum Gasteiger partial charge on any atom is -0.458 e. The third-order valence-corrected chi connectivity index (χ3v) is 3.76. The number of esters is 2. The lowest BCUT2D eigenvalue weighted by atomic mass is 9.90. The Morgan fingerprint density at radius 3 is 2.53 bits per heavy atom. The van der Waals surface area contributed by atoms with E-state index in [0.29, 0.717) is 0 Å². The molecule has 4 heteroatoms. The molecule has 0 bridgehead atoms. The fraction of sp³-hybridized carbons (Fsp3) is 0.846. The number of hydrogen-bond acceptors (Lipinski definition) is 4. The van der Waals surface area contributed by atoms with Gasteiger partial charge in [-0.25, -0.2) is 0 Å². The summed E-state index contributed by atoms with van der Waals surface area (Å²) in [5.41, 5.74) is 0. The quantitative estimate of drug-likeness (QED) is 0.545. The van der Waals surface area contributed by atoms with E-state index in [1.165, 1.54) is 12.8 Å². The highest BCUT2D eigenvalue weighted by Gasteiger charge is 2.56. The van der Waals surface area contributed by atoms with Crippen molar-refractivity contribution < 1.29 is 19.1 Å². The summed E-state index contributed by atoms with van der Waals surface area (Å²) >= 11 is 0. The number of carbonyl (C=O) groups excluding carboxylic acids is 2. The molecule has 0 spiro atoms. The highest BCUT2D eigenvalue weighted by molar-refractivity contribution is 5.87. The zero-order valence-corrected chi connectivity index (χ0v) is 10.5. The lowest BCUT2D eigenvalue weighted by Gasteiger charge is -2.15. The molecule has 0 aromatic heterocycles. The number of fused-ring (bicyclic) bond motifs is 1. The fourth-order valence-electron chi connectivity index (χ4n) is 2.68. The van der Waals surface area contributed by atoms with Gasteiger partial charge in [-0.05, 0) is 12.8 Å². The number of carbonyl (C=O) groups is 2. The number of cyclic esters (lactones) is 1. The normalized spacial score (nSPS) is 35.6. The molecule has 0 amide bonds. The third kappa shape index (κ3) is 2.31. The molecule has 0 N–H and O–H groups in total. The predicted molar refractivity (Wildman–Crippen MR) is 61.2 cm³/mol. The summed E-state index contributed by atoms with van der Waals surface area (Å²) in [6.45, 7) is 3.90. The average molecular weight is 240 g/mol. The number of ether oxygens (including phenoxy) is 2. The summed E-state index contributed by atoms with van der Waals surface area (Å²) in [6.07, 6.45) is 4.83. The maximum absolute atomic E-state index is 11.7. The Labute approximate surface area is 102 Å². The van der Waals surface area contributed by atoms with Crippen LogP contribution >= 0.6 is 0 Å². The Bertz CT molecular complexity index is 313. The van der Waals surface area contributed by atoms with Crippen LogP contribution < -0.4 is 0 Å². The molecule has 4 unspecified atom stereocenters. The molecule has 2 aliphatic heterocycles. The Balaban J connectivity index is 1.89. The van der Waals surface area contributed by atoms with Crippen molar-refractivity contribution >= 4 is 11.9 Å². The van der Waals surface area contributed by atoms with Crippen molar-refractivity contribution in [1.29, 1.82) is 0 Å². The first-order valence-electron chi connectivity index (χ1n) is 6.56. The average Bonchev–Trinajstić information content (AvgIpc) is 2.75. The molecule has 2 rings (SSSR count). The van der Waals surface area contributed by atoms with E-state index < -0.39 is 0 Å². The maximum Gasteiger partial charge on any atom is 0.314 e. The van der Waals surface area contributed by atoms with E-state index in [0.717, 1.165) is 19.3 Å². The van der Waals surface area contributed by atoms with Gasteiger partial charge in [-0.1, -0.05) is 33.1 Å². The largest absolute Gasteiger partial charge is 0.458 e. The van der Waals surface area contributed by atoms with Crippen LogP contribution in [0.25, 0.3) is 0 Å². The van der Waals surface area contributed by atoms with Crippen molar-refractivity contribution in [3.63, 3.8) is 0 Å². The van der Waals surface area contributed by atoms with Crippen LogP contribution in [0.1, 0.15) is 46.0 Å². The molecule has 0 aromatic rings. The second-order valence-corrected chi connectivity index (χ2v) is 5.04. The van der Waals surface area contributed by atoms with Gasteiger partial charge in [0.05, 0.1) is 5.92 Å². The van der Waals surface area contributed by atoms with E-state index in [9.17, 15) is 9.59 Å². The van der Waals surface area contributed by atoms with Crippen molar-refractivity contribution in [2.75, 3.05) is 0 Å². The van der Waals surface area contributed by atoms with Gasteiger partial charge >= 0.3 is 11.9 Å². The van der Waals surface area contributed by atoms with Gasteiger partial charge in [0.15, 0.2) is 6.10 Å². The van der Waals surface area contributed by atoms with E-state index in [4.69, 9.17) is 9.47 Å². The van der Waals surface area contributed by atoms with Crippen LogP contribution in [0, 0.1) is 11.8 Å². The van der Waals surface area contributed by atoms with Gasteiger partial charge in [-0.3, -0.25) is 9.59 Å². The predicted octanol–water partition coefficient (Wildman–Crippen LogP) is 2.06. The second-order valence-electron chi connectivity index (χ2n) is 5.04. The number of hydrogen-bond donors (Lipinski definition) is 0. The molecule has 2 heterocycles. The Hall–Kier alpha value is -1.06. The number of rotatable bonds is 5. The van der Waals surface area contributed by atoms with Gasteiger partial charge in [-0.15, -0.1) is 0 Å². The van der Waals surface area contributed by atoms with Gasteiger partial charge in [0.1, 0.15) is 12.0 Å². The molecule has 17 heavy (non-hydrogen) atoms. The fourth-order valence-corrected chi connectivity index (χ4v) is 2.68. The molecule has 0 saturated carbocycles. The smallest absolute Gasteiger partial charge is 0.314 e. The highest BCUT2D eigenvalue weighted by Crippen LogP contribution is 2.39. The van der Waals surface area contributed by atoms with Crippen LogP contribution in [-0.2, 0) is 19.1 Å². The van der Waals surface area contributed by atoms with Crippen LogP contribution in [0.2, 0.25) is 0 Å². The van der Waals surface area contributed by atoms with Crippen molar-refractivity contribution in [1.82, 2.24) is 0 Å². The molecule has 96 valence electrons. The lowest BCUT2D eigenvalue weighted by Crippen LogP contribution is -2.25. The molecule has 2 saturated heterocycles. The monoisotopic (exact) mass is 240 g/mol. The van der Waals surface area contributed by atoms with Gasteiger partial charge < -0.3 is 9.47 Å². The summed E-state index contributed by atoms with van der Waals surface area (Å²) in [4.78, 5) is 23.1. The van der Waals surface area contributed by atoms with Gasteiger partial charge in [0.2, 0.25) is 0 Å². The second kappa shape index (κ2) is 5.07. The summed E-state index contributed by atoms with van der Waals surface area (Å²) in [7, 11) is 0. The molecular weight excluding hydrogens is 220 g/mol. The minimum atomic E-state index is -0.362. The van der Waals surface area contributed by atoms with Crippen molar-refractivity contribution in [3.8, 4) is 0 Å². The molecule has 0 aliphatic carbocycles. The van der Waals surface area contributed by atoms with E-state index in [-0.39, 0.29) is 36.0 Å². The summed E-state index contributed by atoms with van der Waals surface area (Å²) in [5, 5.41) is 0. The molecule has 4 atom stereocenters. The summed E-state index contributed by atoms with van der Waals surface area (Å²) in [5.74, 6) is -1.21. The molecule has 2 aliphatic rings.